The van der Waals surface area contributed by atoms with Crippen LogP contribution in [0.5, 0.6) is 0 Å². The number of carbonyl (C=O) groups is 3. The van der Waals surface area contributed by atoms with Crippen molar-refractivity contribution in [1.29, 1.82) is 0 Å². The molecule has 1 aliphatic heterocycles. The molecule has 2 amide bonds. The standard InChI is InChI=1S/C10H14N2O4S/c1-10(8(14)15,5-2-3-5)12-7(13)6-4-17-9(16)11-6/h5-6H,2-4H2,1H3,(H,11,16)(H,12,13)(H,14,15). The summed E-state index contributed by atoms with van der Waals surface area (Å²) in [7, 11) is 0. The fraction of sp³-hybridized carbons (Fsp3) is 0.700. The highest BCUT2D eigenvalue weighted by molar-refractivity contribution is 8.14. The van der Waals surface area contributed by atoms with Crippen molar-refractivity contribution in [2.45, 2.75) is 31.3 Å². The number of aliphatic carboxylic acids is 1. The van der Waals surface area contributed by atoms with Gasteiger partial charge in [0.05, 0.1) is 0 Å². The number of amides is 2. The molecular weight excluding hydrogens is 244 g/mol. The zero-order chi connectivity index (χ0) is 12.6. The number of hydrogen-bond donors (Lipinski definition) is 3. The summed E-state index contributed by atoms with van der Waals surface area (Å²) >= 11 is 1.03. The molecule has 94 valence electrons. The van der Waals surface area contributed by atoms with Gasteiger partial charge in [0.1, 0.15) is 11.6 Å². The quantitative estimate of drug-likeness (QED) is 0.668. The topological polar surface area (TPSA) is 95.5 Å². The molecule has 0 aromatic carbocycles. The molecule has 0 aromatic heterocycles. The fourth-order valence-electron chi connectivity index (χ4n) is 1.86. The number of carboxylic acids is 1. The van der Waals surface area contributed by atoms with Gasteiger partial charge in [-0.3, -0.25) is 9.59 Å². The number of rotatable bonds is 4. The molecule has 0 spiro atoms. The van der Waals surface area contributed by atoms with E-state index >= 15 is 0 Å². The predicted octanol–water partition coefficient (Wildman–Crippen LogP) is 0.181. The van der Waals surface area contributed by atoms with E-state index in [4.69, 9.17) is 0 Å². The number of carboxylic acid groups (broad SMARTS) is 1. The van der Waals surface area contributed by atoms with Gasteiger partial charge >= 0.3 is 5.97 Å². The summed E-state index contributed by atoms with van der Waals surface area (Å²) < 4.78 is 0. The highest BCUT2D eigenvalue weighted by Crippen LogP contribution is 2.39. The molecule has 1 aliphatic carbocycles. The number of nitrogens with one attached hydrogen (secondary N) is 2. The summed E-state index contributed by atoms with van der Waals surface area (Å²) in [5.74, 6) is -1.09. The second-order valence-corrected chi connectivity index (χ2v) is 5.56. The molecule has 0 radical (unpaired) electrons. The smallest absolute Gasteiger partial charge is 0.329 e. The minimum atomic E-state index is -1.21. The summed E-state index contributed by atoms with van der Waals surface area (Å²) in [4.78, 5) is 34.0. The Labute approximate surface area is 103 Å². The van der Waals surface area contributed by atoms with Gasteiger partial charge in [0, 0.05) is 5.75 Å². The fourth-order valence-corrected chi connectivity index (χ4v) is 2.64. The van der Waals surface area contributed by atoms with Crippen molar-refractivity contribution in [3.8, 4) is 0 Å². The van der Waals surface area contributed by atoms with Gasteiger partial charge in [0.15, 0.2) is 0 Å². The van der Waals surface area contributed by atoms with Gasteiger partial charge in [-0.25, -0.2) is 4.79 Å². The Hall–Kier alpha value is -1.24. The first-order valence-corrected chi connectivity index (χ1v) is 6.41. The molecule has 1 heterocycles. The second kappa shape index (κ2) is 4.21. The zero-order valence-electron chi connectivity index (χ0n) is 9.36. The van der Waals surface area contributed by atoms with Gasteiger partial charge in [-0.05, 0) is 25.7 Å². The zero-order valence-corrected chi connectivity index (χ0v) is 10.2. The number of carbonyl (C=O) groups excluding carboxylic acids is 2. The van der Waals surface area contributed by atoms with E-state index in [1.807, 2.05) is 0 Å². The molecule has 1 saturated carbocycles. The molecule has 17 heavy (non-hydrogen) atoms. The van der Waals surface area contributed by atoms with Crippen LogP contribution in [0, 0.1) is 5.92 Å². The summed E-state index contributed by atoms with van der Waals surface area (Å²) in [5, 5.41) is 14.0. The maximum atomic E-state index is 11.8. The van der Waals surface area contributed by atoms with Crippen molar-refractivity contribution < 1.29 is 19.5 Å². The molecule has 6 nitrogen and oxygen atoms in total. The lowest BCUT2D eigenvalue weighted by atomic mass is 9.95. The molecule has 2 unspecified atom stereocenters. The summed E-state index contributed by atoms with van der Waals surface area (Å²) in [6.45, 7) is 1.52. The summed E-state index contributed by atoms with van der Waals surface area (Å²) in [6.07, 6.45) is 1.63. The monoisotopic (exact) mass is 258 g/mol. The van der Waals surface area contributed by atoms with Gasteiger partial charge in [0.25, 0.3) is 5.24 Å². The molecule has 2 fully saturated rings. The Morgan fingerprint density at radius 2 is 2.18 bits per heavy atom. The van der Waals surface area contributed by atoms with Crippen LogP contribution in [-0.4, -0.2) is 39.6 Å². The molecular formula is C10H14N2O4S. The lowest BCUT2D eigenvalue weighted by Crippen LogP contribution is -2.58. The molecule has 2 aliphatic rings. The van der Waals surface area contributed by atoms with E-state index in [1.54, 1.807) is 0 Å². The van der Waals surface area contributed by atoms with Crippen molar-refractivity contribution in [3.63, 3.8) is 0 Å². The SMILES string of the molecule is CC(NC(=O)C1CSC(=O)N1)(C(=O)O)C1CC1. The highest BCUT2D eigenvalue weighted by atomic mass is 32.2. The lowest BCUT2D eigenvalue weighted by molar-refractivity contribution is -0.148. The maximum absolute atomic E-state index is 11.8. The van der Waals surface area contributed by atoms with Crippen LogP contribution in [0.4, 0.5) is 4.79 Å². The number of hydrogen-bond acceptors (Lipinski definition) is 4. The third-order valence-electron chi connectivity index (χ3n) is 3.21. The molecule has 2 rings (SSSR count). The third kappa shape index (κ3) is 2.38. The average Bonchev–Trinajstić information content (AvgIpc) is 3.01. The molecule has 2 atom stereocenters. The van der Waals surface area contributed by atoms with E-state index in [1.165, 1.54) is 6.92 Å². The van der Waals surface area contributed by atoms with Crippen LogP contribution in [0.2, 0.25) is 0 Å². The Morgan fingerprint density at radius 1 is 1.53 bits per heavy atom. The molecule has 3 N–H and O–H groups in total. The Morgan fingerprint density at radius 3 is 2.59 bits per heavy atom. The molecule has 0 aromatic rings. The van der Waals surface area contributed by atoms with Gasteiger partial charge in [-0.15, -0.1) is 0 Å². The van der Waals surface area contributed by atoms with Gasteiger partial charge in [0.2, 0.25) is 5.91 Å². The van der Waals surface area contributed by atoms with Crippen LogP contribution < -0.4 is 10.6 Å². The van der Waals surface area contributed by atoms with Crippen molar-refractivity contribution in [2.75, 3.05) is 5.75 Å². The first-order valence-electron chi connectivity index (χ1n) is 5.42. The first kappa shape index (κ1) is 12.2. The second-order valence-electron chi connectivity index (χ2n) is 4.57. The first-order chi connectivity index (χ1) is 7.93. The van der Waals surface area contributed by atoms with Gasteiger partial charge in [-0.1, -0.05) is 11.8 Å². The van der Waals surface area contributed by atoms with Gasteiger partial charge in [-0.2, -0.15) is 0 Å². The minimum absolute atomic E-state index is 0.00583. The van der Waals surface area contributed by atoms with Crippen LogP contribution in [0.25, 0.3) is 0 Å². The summed E-state index contributed by atoms with van der Waals surface area (Å²) in [5.41, 5.74) is -1.21. The van der Waals surface area contributed by atoms with E-state index in [0.717, 1.165) is 24.6 Å². The Bertz CT molecular complexity index is 383. The third-order valence-corrected chi connectivity index (χ3v) is 4.09. The Balaban J connectivity index is 2.01. The summed E-state index contributed by atoms with van der Waals surface area (Å²) in [6, 6.07) is -0.620. The predicted molar refractivity (Wildman–Crippen MR) is 61.7 cm³/mol. The average molecular weight is 258 g/mol. The van der Waals surface area contributed by atoms with Crippen molar-refractivity contribution in [1.82, 2.24) is 10.6 Å². The van der Waals surface area contributed by atoms with E-state index in [0.29, 0.717) is 5.75 Å². The van der Waals surface area contributed by atoms with Crippen LogP contribution >= 0.6 is 11.8 Å². The van der Waals surface area contributed by atoms with Crippen molar-refractivity contribution in [2.24, 2.45) is 5.92 Å². The minimum Gasteiger partial charge on any atom is -0.480 e. The van der Waals surface area contributed by atoms with E-state index in [2.05, 4.69) is 10.6 Å². The van der Waals surface area contributed by atoms with Crippen LogP contribution in [-0.2, 0) is 9.59 Å². The largest absolute Gasteiger partial charge is 0.480 e. The van der Waals surface area contributed by atoms with Gasteiger partial charge < -0.3 is 15.7 Å². The lowest BCUT2D eigenvalue weighted by Gasteiger charge is -2.27. The highest BCUT2D eigenvalue weighted by Gasteiger charge is 2.49. The molecule has 1 saturated heterocycles. The van der Waals surface area contributed by atoms with E-state index in [9.17, 15) is 19.5 Å². The normalized spacial score (nSPS) is 27.1. The maximum Gasteiger partial charge on any atom is 0.329 e. The Kier molecular flexibility index (Phi) is 3.03. The van der Waals surface area contributed by atoms with E-state index in [-0.39, 0.29) is 11.2 Å². The van der Waals surface area contributed by atoms with Crippen LogP contribution in [0.1, 0.15) is 19.8 Å². The van der Waals surface area contributed by atoms with Crippen LogP contribution in [0.3, 0.4) is 0 Å². The molecule has 7 heteroatoms. The van der Waals surface area contributed by atoms with Crippen molar-refractivity contribution >= 4 is 28.9 Å². The number of thioether (sulfide) groups is 1. The van der Waals surface area contributed by atoms with E-state index < -0.39 is 23.5 Å². The molecule has 0 bridgehead atoms. The van der Waals surface area contributed by atoms with Crippen LogP contribution in [0.15, 0.2) is 0 Å². The van der Waals surface area contributed by atoms with Crippen molar-refractivity contribution in [3.05, 3.63) is 0 Å².